The lowest BCUT2D eigenvalue weighted by molar-refractivity contribution is -0.133. The average Bonchev–Trinajstić information content (AvgIpc) is 3.42. The average molecular weight is 476 g/mol. The summed E-state index contributed by atoms with van der Waals surface area (Å²) in [6.07, 6.45) is 4.18. The molecule has 0 radical (unpaired) electrons. The molecular formula is C26H29N5O4. The van der Waals surface area contributed by atoms with Gasteiger partial charge in [-0.15, -0.1) is 0 Å². The number of nitrogens with one attached hydrogen (secondary N) is 2. The van der Waals surface area contributed by atoms with Crippen LogP contribution in [-0.2, 0) is 11.3 Å². The van der Waals surface area contributed by atoms with E-state index in [0.29, 0.717) is 42.5 Å². The molecule has 35 heavy (non-hydrogen) atoms. The number of anilines is 1. The first-order chi connectivity index (χ1) is 17.0. The highest BCUT2D eigenvalue weighted by molar-refractivity contribution is 6.06. The molecular weight excluding hydrogens is 446 g/mol. The number of benzene rings is 2. The third kappa shape index (κ3) is 5.51. The van der Waals surface area contributed by atoms with Gasteiger partial charge >= 0.3 is 0 Å². The second-order valence-electron chi connectivity index (χ2n) is 8.15. The minimum atomic E-state index is -0.296. The van der Waals surface area contributed by atoms with Gasteiger partial charge in [0.05, 0.1) is 32.3 Å². The van der Waals surface area contributed by atoms with E-state index in [0.717, 1.165) is 23.3 Å². The van der Waals surface area contributed by atoms with Crippen molar-refractivity contribution >= 4 is 23.2 Å². The van der Waals surface area contributed by atoms with Crippen LogP contribution in [0.5, 0.6) is 11.5 Å². The Kier molecular flexibility index (Phi) is 7.45. The highest BCUT2D eigenvalue weighted by Crippen LogP contribution is 2.32. The number of aromatic nitrogens is 2. The predicted octanol–water partition coefficient (Wildman–Crippen LogP) is 4.23. The summed E-state index contributed by atoms with van der Waals surface area (Å²) in [7, 11) is 1.61. The molecule has 9 nitrogen and oxygen atoms in total. The molecule has 0 saturated heterocycles. The first-order valence-corrected chi connectivity index (χ1v) is 11.6. The fourth-order valence-electron chi connectivity index (χ4n) is 3.98. The van der Waals surface area contributed by atoms with Crippen molar-refractivity contribution in [3.05, 3.63) is 71.8 Å². The zero-order chi connectivity index (χ0) is 24.8. The Bertz CT molecular complexity index is 1200. The highest BCUT2D eigenvalue weighted by atomic mass is 16.5. The van der Waals surface area contributed by atoms with E-state index in [1.807, 2.05) is 37.3 Å². The monoisotopic (exact) mass is 475 g/mol. The van der Waals surface area contributed by atoms with Gasteiger partial charge in [0.1, 0.15) is 5.69 Å². The van der Waals surface area contributed by atoms with Gasteiger partial charge in [0.15, 0.2) is 11.5 Å². The molecule has 2 heterocycles. The molecule has 9 heteroatoms. The molecule has 1 unspecified atom stereocenters. The molecule has 2 aromatic carbocycles. The second kappa shape index (κ2) is 10.9. The molecule has 2 amide bonds. The SMILES string of the molecule is CCOc1ccc(C2=NN(Cc3ccc(NC(=O)c4c[nH]cn4)cc3)C(=O)CC2CC)cc1OC. The van der Waals surface area contributed by atoms with Crippen LogP contribution in [0.4, 0.5) is 5.69 Å². The lowest BCUT2D eigenvalue weighted by Gasteiger charge is -2.29. The van der Waals surface area contributed by atoms with E-state index >= 15 is 0 Å². The zero-order valence-electron chi connectivity index (χ0n) is 20.1. The Hall–Kier alpha value is -4.14. The number of ether oxygens (including phenoxy) is 2. The number of rotatable bonds is 9. The lowest BCUT2D eigenvalue weighted by Crippen LogP contribution is -2.36. The molecule has 1 aliphatic rings. The van der Waals surface area contributed by atoms with Crippen molar-refractivity contribution in [3.8, 4) is 11.5 Å². The summed E-state index contributed by atoms with van der Waals surface area (Å²) in [5.74, 6) is 1.03. The molecule has 0 fully saturated rings. The maximum atomic E-state index is 12.9. The third-order valence-electron chi connectivity index (χ3n) is 5.85. The van der Waals surface area contributed by atoms with E-state index in [-0.39, 0.29) is 17.7 Å². The van der Waals surface area contributed by atoms with Gasteiger partial charge in [0.2, 0.25) is 5.91 Å². The molecule has 4 rings (SSSR count). The van der Waals surface area contributed by atoms with E-state index in [1.165, 1.54) is 17.5 Å². The maximum absolute atomic E-state index is 12.9. The van der Waals surface area contributed by atoms with Crippen LogP contribution in [0.1, 0.15) is 48.3 Å². The van der Waals surface area contributed by atoms with E-state index in [9.17, 15) is 9.59 Å². The van der Waals surface area contributed by atoms with Gasteiger partial charge in [0, 0.05) is 29.8 Å². The summed E-state index contributed by atoms with van der Waals surface area (Å²) in [5, 5.41) is 9.07. The molecule has 1 atom stereocenters. The van der Waals surface area contributed by atoms with Crippen LogP contribution in [0.25, 0.3) is 0 Å². The van der Waals surface area contributed by atoms with Crippen molar-refractivity contribution in [2.75, 3.05) is 19.0 Å². The Labute approximate surface area is 204 Å². The smallest absolute Gasteiger partial charge is 0.275 e. The fourth-order valence-corrected chi connectivity index (χ4v) is 3.98. The zero-order valence-corrected chi connectivity index (χ0v) is 20.1. The van der Waals surface area contributed by atoms with Crippen LogP contribution in [0.3, 0.4) is 0 Å². The minimum Gasteiger partial charge on any atom is -0.493 e. The number of amides is 2. The van der Waals surface area contributed by atoms with Gasteiger partial charge in [0.25, 0.3) is 5.91 Å². The highest BCUT2D eigenvalue weighted by Gasteiger charge is 2.29. The first-order valence-electron chi connectivity index (χ1n) is 11.6. The molecule has 182 valence electrons. The summed E-state index contributed by atoms with van der Waals surface area (Å²) >= 11 is 0. The molecule has 3 aromatic rings. The van der Waals surface area contributed by atoms with E-state index in [1.54, 1.807) is 19.2 Å². The maximum Gasteiger partial charge on any atom is 0.275 e. The van der Waals surface area contributed by atoms with Crippen molar-refractivity contribution < 1.29 is 19.1 Å². The van der Waals surface area contributed by atoms with Crippen LogP contribution in [0.2, 0.25) is 0 Å². The fraction of sp³-hybridized carbons (Fsp3) is 0.308. The topological polar surface area (TPSA) is 109 Å². The number of hydrazone groups is 1. The number of carbonyl (C=O) groups excluding carboxylic acids is 2. The van der Waals surface area contributed by atoms with Crippen molar-refractivity contribution in [1.82, 2.24) is 15.0 Å². The summed E-state index contributed by atoms with van der Waals surface area (Å²) in [5.41, 5.74) is 3.62. The van der Waals surface area contributed by atoms with Crippen molar-refractivity contribution in [2.45, 2.75) is 33.2 Å². The summed E-state index contributed by atoms with van der Waals surface area (Å²) in [6.45, 7) is 4.86. The number of imidazole rings is 1. The summed E-state index contributed by atoms with van der Waals surface area (Å²) in [4.78, 5) is 31.7. The predicted molar refractivity (Wildman–Crippen MR) is 133 cm³/mol. The van der Waals surface area contributed by atoms with Gasteiger partial charge in [-0.3, -0.25) is 9.59 Å². The van der Waals surface area contributed by atoms with Gasteiger partial charge in [-0.05, 0) is 49.2 Å². The number of H-pyrrole nitrogens is 1. The number of nitrogens with zero attached hydrogens (tertiary/aromatic N) is 3. The van der Waals surface area contributed by atoms with Crippen LogP contribution in [0, 0.1) is 5.92 Å². The largest absolute Gasteiger partial charge is 0.493 e. The van der Waals surface area contributed by atoms with Crippen LogP contribution >= 0.6 is 0 Å². The van der Waals surface area contributed by atoms with Crippen molar-refractivity contribution in [3.63, 3.8) is 0 Å². The summed E-state index contributed by atoms with van der Waals surface area (Å²) < 4.78 is 11.1. The Balaban J connectivity index is 1.52. The summed E-state index contributed by atoms with van der Waals surface area (Å²) in [6, 6.07) is 13.1. The first kappa shape index (κ1) is 24.0. The quantitative estimate of drug-likeness (QED) is 0.481. The molecule has 0 saturated carbocycles. The second-order valence-corrected chi connectivity index (χ2v) is 8.15. The van der Waals surface area contributed by atoms with E-state index in [2.05, 4.69) is 22.2 Å². The number of methoxy groups -OCH3 is 1. The van der Waals surface area contributed by atoms with Crippen LogP contribution in [-0.4, -0.2) is 46.2 Å². The number of aromatic amines is 1. The van der Waals surface area contributed by atoms with Gasteiger partial charge in [-0.1, -0.05) is 19.1 Å². The Morgan fingerprint density at radius 2 is 1.97 bits per heavy atom. The van der Waals surface area contributed by atoms with Gasteiger partial charge in [-0.25, -0.2) is 9.99 Å². The van der Waals surface area contributed by atoms with Crippen molar-refractivity contribution in [1.29, 1.82) is 0 Å². The van der Waals surface area contributed by atoms with E-state index < -0.39 is 0 Å². The Morgan fingerprint density at radius 1 is 1.17 bits per heavy atom. The molecule has 1 aromatic heterocycles. The van der Waals surface area contributed by atoms with Gasteiger partial charge < -0.3 is 19.8 Å². The number of carbonyl (C=O) groups is 2. The van der Waals surface area contributed by atoms with Gasteiger partial charge in [-0.2, -0.15) is 5.10 Å². The van der Waals surface area contributed by atoms with Crippen molar-refractivity contribution in [2.24, 2.45) is 11.0 Å². The molecule has 0 bridgehead atoms. The standard InChI is InChI=1S/C26H29N5O4/c1-4-18-13-24(32)31(30-25(18)19-8-11-22(35-5-2)23(12-19)34-3)15-17-6-9-20(10-7-17)29-26(33)21-14-27-16-28-21/h6-12,14,16,18H,4-5,13,15H2,1-3H3,(H,27,28)(H,29,33). The minimum absolute atomic E-state index is 0.0191. The number of hydrogen-bond donors (Lipinski definition) is 2. The lowest BCUT2D eigenvalue weighted by atomic mass is 9.89. The van der Waals surface area contributed by atoms with Crippen LogP contribution < -0.4 is 14.8 Å². The number of hydrogen-bond acceptors (Lipinski definition) is 6. The molecule has 0 spiro atoms. The molecule has 2 N–H and O–H groups in total. The third-order valence-corrected chi connectivity index (χ3v) is 5.85. The molecule has 0 aliphatic carbocycles. The van der Waals surface area contributed by atoms with E-state index in [4.69, 9.17) is 14.6 Å². The van der Waals surface area contributed by atoms with Crippen LogP contribution in [0.15, 0.2) is 60.1 Å². The Morgan fingerprint density at radius 3 is 2.63 bits per heavy atom. The normalized spacial score (nSPS) is 15.5. The molecule has 1 aliphatic heterocycles.